The Balaban J connectivity index is 3.61. The summed E-state index contributed by atoms with van der Waals surface area (Å²) in [5.74, 6) is 0. The van der Waals surface area contributed by atoms with Gasteiger partial charge in [-0.05, 0) is 12.8 Å². The van der Waals surface area contributed by atoms with Crippen molar-refractivity contribution < 1.29 is 14.0 Å². The van der Waals surface area contributed by atoms with E-state index < -0.39 is 8.25 Å². The Bertz CT molecular complexity index is 127. The molecule has 3 nitrogen and oxygen atoms in total. The topological polar surface area (TPSA) is 46.5 Å². The molecule has 0 saturated carbocycles. The summed E-state index contributed by atoms with van der Waals surface area (Å²) in [5, 5.41) is 0. The maximum atomic E-state index is 10.4. The smallest absolute Gasteiger partial charge is 0.316 e. The van der Waals surface area contributed by atoms with Crippen molar-refractivity contribution in [3.63, 3.8) is 0 Å². The molecule has 4 heteroatoms. The quantitative estimate of drug-likeness (QED) is 0.634. The summed E-state index contributed by atoms with van der Waals surface area (Å²) in [6.45, 7) is 4.15. The maximum absolute atomic E-state index is 10.4. The molecule has 0 fully saturated rings. The van der Waals surface area contributed by atoms with Crippen molar-refractivity contribution in [3.05, 3.63) is 0 Å². The first kappa shape index (κ1) is 12.2. The minimum atomic E-state index is -2.74. The van der Waals surface area contributed by atoms with Crippen molar-refractivity contribution in [1.29, 1.82) is 0 Å². The van der Waals surface area contributed by atoms with Crippen molar-refractivity contribution in [2.75, 3.05) is 0 Å². The molecule has 0 radical (unpaired) electrons. The molecule has 0 saturated heterocycles. The molecule has 0 bridgehead atoms. The highest BCUT2D eigenvalue weighted by Crippen LogP contribution is 2.23. The molecule has 2 atom stereocenters. The third kappa shape index (κ3) is 6.84. The maximum Gasteiger partial charge on any atom is 0.316 e. The Labute approximate surface area is 75.1 Å². The van der Waals surface area contributed by atoms with Gasteiger partial charge in [0.1, 0.15) is 0 Å². The zero-order valence-corrected chi connectivity index (χ0v) is 8.88. The highest BCUT2D eigenvalue weighted by molar-refractivity contribution is 7.32. The molecule has 2 unspecified atom stereocenters. The second kappa shape index (κ2) is 7.78. The normalized spacial score (nSPS) is 15.9. The van der Waals surface area contributed by atoms with Crippen LogP contribution in [0.2, 0.25) is 0 Å². The molecule has 0 aromatic heterocycles. The van der Waals surface area contributed by atoms with Crippen molar-refractivity contribution in [2.45, 2.75) is 52.1 Å². The van der Waals surface area contributed by atoms with Crippen LogP contribution in [0.4, 0.5) is 0 Å². The molecule has 0 amide bonds. The predicted molar refractivity (Wildman–Crippen MR) is 50.5 cm³/mol. The van der Waals surface area contributed by atoms with Crippen molar-refractivity contribution in [3.8, 4) is 0 Å². The predicted octanol–water partition coefficient (Wildman–Crippen LogP) is 2.74. The summed E-state index contributed by atoms with van der Waals surface area (Å²) in [4.78, 5) is 8.57. The van der Waals surface area contributed by atoms with Crippen LogP contribution in [0.1, 0.15) is 46.0 Å². The number of hydrogen-bond donors (Lipinski definition) is 1. The molecule has 1 N–H and O–H groups in total. The average Bonchev–Trinajstić information content (AvgIpc) is 2.00. The number of hydrogen-bond acceptors (Lipinski definition) is 2. The monoisotopic (exact) mass is 194 g/mol. The van der Waals surface area contributed by atoms with E-state index in [2.05, 4.69) is 13.8 Å². The number of unbranched alkanes of at least 4 members (excludes halogenated alkanes) is 1. The summed E-state index contributed by atoms with van der Waals surface area (Å²) in [6.07, 6.45) is 4.96. The van der Waals surface area contributed by atoms with Crippen molar-refractivity contribution >= 4 is 8.25 Å². The first-order valence-corrected chi connectivity index (χ1v) is 5.86. The van der Waals surface area contributed by atoms with Gasteiger partial charge in [0.15, 0.2) is 0 Å². The molecule has 0 aliphatic carbocycles. The standard InChI is InChI=1S/C8H19O3P/c1-3-5-7-8(6-4-2)11-12(9)10/h8,12H,3-7H2,1-2H3,(H,9,10). The van der Waals surface area contributed by atoms with E-state index >= 15 is 0 Å². The van der Waals surface area contributed by atoms with Gasteiger partial charge in [-0.25, -0.2) is 0 Å². The van der Waals surface area contributed by atoms with E-state index in [9.17, 15) is 4.57 Å². The zero-order chi connectivity index (χ0) is 9.40. The minimum absolute atomic E-state index is 0.00802. The van der Waals surface area contributed by atoms with Gasteiger partial charge in [0.25, 0.3) is 0 Å². The molecular weight excluding hydrogens is 175 g/mol. The van der Waals surface area contributed by atoms with E-state index in [4.69, 9.17) is 9.42 Å². The molecule has 0 aliphatic rings. The largest absolute Gasteiger partial charge is 0.326 e. The van der Waals surface area contributed by atoms with E-state index in [0.29, 0.717) is 0 Å². The van der Waals surface area contributed by atoms with Crippen LogP contribution in [0.25, 0.3) is 0 Å². The lowest BCUT2D eigenvalue weighted by Gasteiger charge is -2.13. The van der Waals surface area contributed by atoms with Crippen LogP contribution in [0.3, 0.4) is 0 Å². The van der Waals surface area contributed by atoms with E-state index in [1.54, 1.807) is 0 Å². The van der Waals surface area contributed by atoms with Gasteiger partial charge in [-0.3, -0.25) is 4.57 Å². The summed E-state index contributed by atoms with van der Waals surface area (Å²) in [6, 6.07) is 0. The fourth-order valence-electron chi connectivity index (χ4n) is 1.16. The van der Waals surface area contributed by atoms with E-state index in [0.717, 1.165) is 32.1 Å². The molecular formula is C8H19O3P. The van der Waals surface area contributed by atoms with Gasteiger partial charge in [0, 0.05) is 0 Å². The van der Waals surface area contributed by atoms with Crippen LogP contribution in [-0.2, 0) is 9.09 Å². The van der Waals surface area contributed by atoms with Crippen LogP contribution in [0.5, 0.6) is 0 Å². The molecule has 74 valence electrons. The highest BCUT2D eigenvalue weighted by Gasteiger charge is 2.09. The summed E-state index contributed by atoms with van der Waals surface area (Å²) in [7, 11) is -2.74. The second-order valence-electron chi connectivity index (χ2n) is 2.94. The first-order chi connectivity index (χ1) is 5.70. The Morgan fingerprint density at radius 3 is 2.42 bits per heavy atom. The highest BCUT2D eigenvalue weighted by atomic mass is 31.1. The van der Waals surface area contributed by atoms with Gasteiger partial charge >= 0.3 is 8.25 Å². The van der Waals surface area contributed by atoms with Crippen LogP contribution in [-0.4, -0.2) is 11.0 Å². The zero-order valence-electron chi connectivity index (χ0n) is 7.88. The van der Waals surface area contributed by atoms with Crippen LogP contribution >= 0.6 is 8.25 Å². The fraction of sp³-hybridized carbons (Fsp3) is 1.00. The summed E-state index contributed by atoms with van der Waals surface area (Å²) >= 11 is 0. The third-order valence-corrected chi connectivity index (χ3v) is 2.29. The summed E-state index contributed by atoms with van der Waals surface area (Å²) in [5.41, 5.74) is 0. The van der Waals surface area contributed by atoms with Crippen molar-refractivity contribution in [1.82, 2.24) is 0 Å². The SMILES string of the molecule is CCCCC(CCC)O[PH](=O)O. The Hall–Kier alpha value is 0.150. The molecule has 0 aromatic carbocycles. The lowest BCUT2D eigenvalue weighted by atomic mass is 10.1. The van der Waals surface area contributed by atoms with Gasteiger partial charge in [-0.15, -0.1) is 0 Å². The van der Waals surface area contributed by atoms with Crippen LogP contribution < -0.4 is 0 Å². The minimum Gasteiger partial charge on any atom is -0.326 e. The van der Waals surface area contributed by atoms with E-state index in [-0.39, 0.29) is 6.10 Å². The van der Waals surface area contributed by atoms with Gasteiger partial charge in [0.2, 0.25) is 0 Å². The van der Waals surface area contributed by atoms with Gasteiger partial charge in [-0.1, -0.05) is 33.1 Å². The van der Waals surface area contributed by atoms with Gasteiger partial charge in [-0.2, -0.15) is 0 Å². The molecule has 0 rings (SSSR count). The van der Waals surface area contributed by atoms with Gasteiger partial charge < -0.3 is 9.42 Å². The first-order valence-electron chi connectivity index (χ1n) is 4.60. The molecule has 0 aliphatic heterocycles. The third-order valence-electron chi connectivity index (χ3n) is 1.76. The van der Waals surface area contributed by atoms with Gasteiger partial charge in [0.05, 0.1) is 6.10 Å². The second-order valence-corrected chi connectivity index (χ2v) is 3.70. The Kier molecular flexibility index (Phi) is 7.88. The Morgan fingerprint density at radius 2 is 2.00 bits per heavy atom. The lowest BCUT2D eigenvalue weighted by molar-refractivity contribution is 0.166. The molecule has 0 spiro atoms. The van der Waals surface area contributed by atoms with E-state index in [1.165, 1.54) is 0 Å². The van der Waals surface area contributed by atoms with Crippen LogP contribution in [0, 0.1) is 0 Å². The number of rotatable bonds is 7. The van der Waals surface area contributed by atoms with E-state index in [1.807, 2.05) is 0 Å². The summed E-state index contributed by atoms with van der Waals surface area (Å²) < 4.78 is 15.3. The molecule has 0 aromatic rings. The van der Waals surface area contributed by atoms with Crippen molar-refractivity contribution in [2.24, 2.45) is 0 Å². The lowest BCUT2D eigenvalue weighted by Crippen LogP contribution is -2.08. The molecule has 0 heterocycles. The van der Waals surface area contributed by atoms with Crippen LogP contribution in [0.15, 0.2) is 0 Å². The Morgan fingerprint density at radius 1 is 1.33 bits per heavy atom. The average molecular weight is 194 g/mol. The fourth-order valence-corrected chi connectivity index (χ4v) is 1.68. The molecule has 12 heavy (non-hydrogen) atoms.